The van der Waals surface area contributed by atoms with E-state index in [1.54, 1.807) is 26.7 Å². The number of halogens is 3. The van der Waals surface area contributed by atoms with Crippen LogP contribution in [0.2, 0.25) is 0 Å². The lowest BCUT2D eigenvalue weighted by Crippen LogP contribution is -2.55. The van der Waals surface area contributed by atoms with E-state index < -0.39 is 28.2 Å². The summed E-state index contributed by atoms with van der Waals surface area (Å²) in [4.78, 5) is 23.7. The fourth-order valence-corrected chi connectivity index (χ4v) is 8.62. The van der Waals surface area contributed by atoms with Crippen LogP contribution in [0.3, 0.4) is 0 Å². The number of carbonyl (C=O) groups excluding carboxylic acids is 1. The Morgan fingerprint density at radius 3 is 2.29 bits per heavy atom. The summed E-state index contributed by atoms with van der Waals surface area (Å²) >= 11 is 1.25. The van der Waals surface area contributed by atoms with Crippen LogP contribution in [0.1, 0.15) is 38.5 Å². The molecule has 9 nitrogen and oxygen atoms in total. The summed E-state index contributed by atoms with van der Waals surface area (Å²) in [5, 5.41) is 18.3. The van der Waals surface area contributed by atoms with E-state index >= 15 is 0 Å². The number of hydrogen-bond donors (Lipinski definition) is 2. The molecule has 0 spiro atoms. The Balaban J connectivity index is 0.000000364. The highest BCUT2D eigenvalue weighted by atomic mass is 32.2. The van der Waals surface area contributed by atoms with Gasteiger partial charge in [0, 0.05) is 18.1 Å². The molecule has 0 aromatic carbocycles. The van der Waals surface area contributed by atoms with E-state index in [9.17, 15) is 31.6 Å². The first kappa shape index (κ1) is 25.9. The van der Waals surface area contributed by atoms with Gasteiger partial charge in [0.05, 0.1) is 12.1 Å². The number of hydrogen-bond acceptors (Lipinski definition) is 7. The van der Waals surface area contributed by atoms with Gasteiger partial charge in [-0.3, -0.25) is 4.79 Å². The van der Waals surface area contributed by atoms with E-state index in [1.807, 2.05) is 0 Å². The van der Waals surface area contributed by atoms with Gasteiger partial charge in [-0.2, -0.15) is 22.7 Å². The van der Waals surface area contributed by atoms with Crippen molar-refractivity contribution in [2.75, 3.05) is 0 Å². The van der Waals surface area contributed by atoms with Crippen LogP contribution in [0.15, 0.2) is 21.7 Å². The number of thiophene rings is 1. The zero-order chi connectivity index (χ0) is 25.7. The quantitative estimate of drug-likeness (QED) is 0.602. The first-order chi connectivity index (χ1) is 16.4. The molecule has 2 unspecified atom stereocenters. The summed E-state index contributed by atoms with van der Waals surface area (Å²) in [5.41, 5.74) is 6.40. The van der Waals surface area contributed by atoms with Crippen LogP contribution in [-0.4, -0.2) is 71.0 Å². The van der Waals surface area contributed by atoms with Crippen molar-refractivity contribution in [2.45, 2.75) is 79.1 Å². The van der Waals surface area contributed by atoms with Gasteiger partial charge < -0.3 is 15.7 Å². The first-order valence-corrected chi connectivity index (χ1v) is 13.5. The molecule has 4 heterocycles. The van der Waals surface area contributed by atoms with Crippen molar-refractivity contribution in [3.05, 3.63) is 17.5 Å². The second-order valence-electron chi connectivity index (χ2n) is 9.40. The minimum Gasteiger partial charge on any atom is -0.475 e. The van der Waals surface area contributed by atoms with Crippen molar-refractivity contribution in [3.63, 3.8) is 0 Å². The molecule has 3 N–H and O–H groups in total. The number of alkyl halides is 3. The molecule has 3 aliphatic heterocycles. The maximum Gasteiger partial charge on any atom is 0.490 e. The third kappa shape index (κ3) is 4.91. The Morgan fingerprint density at radius 2 is 1.80 bits per heavy atom. The SMILES string of the molecule is N#C[C@@H]1C[C@@H]2C[C@@H]2N1C(=O)[C@@H](N)C1CC2CCC(C1)N2S(=O)(=O)c1cccs1.O=C(O)C(F)(F)F. The first-order valence-electron chi connectivity index (χ1n) is 11.2. The van der Waals surface area contributed by atoms with Crippen molar-refractivity contribution in [1.29, 1.82) is 5.26 Å². The second kappa shape index (κ2) is 9.34. The van der Waals surface area contributed by atoms with Crippen molar-refractivity contribution in [3.8, 4) is 6.07 Å². The number of nitriles is 1. The third-order valence-electron chi connectivity index (χ3n) is 7.27. The number of nitrogens with two attached hydrogens (primary N) is 1. The fraction of sp³-hybridized carbons (Fsp3) is 0.667. The average molecular weight is 535 g/mol. The zero-order valence-electron chi connectivity index (χ0n) is 18.5. The molecule has 1 saturated carbocycles. The number of fused-ring (bicyclic) bond motifs is 3. The molecule has 4 fully saturated rings. The van der Waals surface area contributed by atoms with Crippen LogP contribution in [0.25, 0.3) is 0 Å². The van der Waals surface area contributed by atoms with Crippen LogP contribution in [0.4, 0.5) is 13.2 Å². The molecule has 1 aromatic heterocycles. The second-order valence-corrected chi connectivity index (χ2v) is 12.4. The molecular weight excluding hydrogens is 509 g/mol. The molecule has 5 rings (SSSR count). The lowest BCUT2D eigenvalue weighted by molar-refractivity contribution is -0.192. The molecular formula is C21H25F3N4O5S2. The van der Waals surface area contributed by atoms with Gasteiger partial charge in [-0.05, 0) is 61.8 Å². The highest BCUT2D eigenvalue weighted by Crippen LogP contribution is 2.49. The molecule has 14 heteroatoms. The minimum absolute atomic E-state index is 0.0306. The Morgan fingerprint density at radius 1 is 1.20 bits per heavy atom. The minimum atomic E-state index is -5.08. The van der Waals surface area contributed by atoms with Gasteiger partial charge in [0.15, 0.2) is 0 Å². The highest BCUT2D eigenvalue weighted by molar-refractivity contribution is 7.91. The summed E-state index contributed by atoms with van der Waals surface area (Å²) in [6.45, 7) is 0. The van der Waals surface area contributed by atoms with Crippen LogP contribution in [0.5, 0.6) is 0 Å². The normalized spacial score (nSPS) is 32.7. The number of likely N-dealkylation sites (tertiary alicyclic amines) is 1. The van der Waals surface area contributed by atoms with Gasteiger partial charge >= 0.3 is 12.1 Å². The number of carboxylic acids is 1. The van der Waals surface area contributed by atoms with Crippen LogP contribution < -0.4 is 5.73 Å². The standard InChI is InChI=1S/C19H24N4O3S2.C2HF3O2/c20-10-15-6-11-9-16(11)22(15)19(24)18(21)12-7-13-3-4-14(8-12)23(13)28(25,26)17-2-1-5-27-17;3-2(4,5)1(6)7/h1-2,5,11-16,18H,3-4,6-9,21H2;(H,6,7)/t11-,12?,13?,14?,15+,16+,18+;/m1./s1. The fourth-order valence-electron chi connectivity index (χ4n) is 5.64. The molecule has 35 heavy (non-hydrogen) atoms. The Kier molecular flexibility index (Phi) is 6.91. The van der Waals surface area contributed by atoms with Gasteiger partial charge in [0.1, 0.15) is 10.3 Å². The summed E-state index contributed by atoms with van der Waals surface area (Å²) < 4.78 is 59.9. The van der Waals surface area contributed by atoms with Gasteiger partial charge in [-0.15, -0.1) is 11.3 Å². The zero-order valence-corrected chi connectivity index (χ0v) is 20.1. The van der Waals surface area contributed by atoms with Gasteiger partial charge in [-0.25, -0.2) is 13.2 Å². The number of sulfonamides is 1. The smallest absolute Gasteiger partial charge is 0.475 e. The maximum absolute atomic E-state index is 13.1. The molecule has 0 radical (unpaired) electrons. The van der Waals surface area contributed by atoms with E-state index in [4.69, 9.17) is 15.6 Å². The number of carbonyl (C=O) groups is 2. The maximum atomic E-state index is 13.1. The lowest BCUT2D eigenvalue weighted by Gasteiger charge is -2.40. The topological polar surface area (TPSA) is 145 Å². The van der Waals surface area contributed by atoms with E-state index in [-0.39, 0.29) is 36.0 Å². The summed E-state index contributed by atoms with van der Waals surface area (Å²) in [5.74, 6) is -2.44. The number of piperidine rings is 2. The molecule has 192 valence electrons. The van der Waals surface area contributed by atoms with Crippen molar-refractivity contribution in [1.82, 2.24) is 9.21 Å². The lowest BCUT2D eigenvalue weighted by atomic mass is 9.85. The summed E-state index contributed by atoms with van der Waals surface area (Å²) in [7, 11) is -3.48. The van der Waals surface area contributed by atoms with Crippen molar-refractivity contribution in [2.24, 2.45) is 17.6 Å². The number of amides is 1. The molecule has 2 bridgehead atoms. The monoisotopic (exact) mass is 534 g/mol. The highest BCUT2D eigenvalue weighted by Gasteiger charge is 2.56. The molecule has 6 atom stereocenters. The van der Waals surface area contributed by atoms with Crippen LogP contribution in [0, 0.1) is 23.2 Å². The number of nitrogens with zero attached hydrogens (tertiary/aromatic N) is 3. The predicted octanol–water partition coefficient (Wildman–Crippen LogP) is 2.15. The van der Waals surface area contributed by atoms with Crippen molar-refractivity contribution < 1.29 is 36.3 Å². The van der Waals surface area contributed by atoms with E-state index in [2.05, 4.69) is 6.07 Å². The Hall–Kier alpha value is -2.21. The van der Waals surface area contributed by atoms with Crippen LogP contribution >= 0.6 is 11.3 Å². The Bertz CT molecular complexity index is 1110. The average Bonchev–Trinajstić information content (AvgIpc) is 3.14. The van der Waals surface area contributed by atoms with Gasteiger partial charge in [0.25, 0.3) is 10.0 Å². The van der Waals surface area contributed by atoms with E-state index in [0.717, 1.165) is 25.7 Å². The molecule has 3 saturated heterocycles. The number of rotatable bonds is 4. The van der Waals surface area contributed by atoms with Crippen LogP contribution in [-0.2, 0) is 19.6 Å². The third-order valence-corrected chi connectivity index (χ3v) is 10.7. The van der Waals surface area contributed by atoms with Gasteiger partial charge in [0.2, 0.25) is 5.91 Å². The largest absolute Gasteiger partial charge is 0.490 e. The summed E-state index contributed by atoms with van der Waals surface area (Å²) in [6.07, 6.45) is -0.452. The molecule has 1 aliphatic carbocycles. The summed E-state index contributed by atoms with van der Waals surface area (Å²) in [6, 6.07) is 4.68. The molecule has 4 aliphatic rings. The molecule has 1 aromatic rings. The predicted molar refractivity (Wildman–Crippen MR) is 117 cm³/mol. The van der Waals surface area contributed by atoms with E-state index in [0.29, 0.717) is 23.0 Å². The van der Waals surface area contributed by atoms with E-state index in [1.165, 1.54) is 11.3 Å². The number of aliphatic carboxylic acids is 1. The van der Waals surface area contributed by atoms with Gasteiger partial charge in [-0.1, -0.05) is 6.07 Å². The molecule has 1 amide bonds. The Labute approximate surface area is 204 Å². The van der Waals surface area contributed by atoms with Crippen molar-refractivity contribution >= 4 is 33.2 Å². The number of carboxylic acid groups (broad SMARTS) is 1.